The molecule has 1 aliphatic heterocycles. The molecule has 0 saturated carbocycles. The predicted octanol–water partition coefficient (Wildman–Crippen LogP) is 2.67. The maximum absolute atomic E-state index is 12.2. The molecule has 2 aromatic rings. The van der Waals surface area contributed by atoms with E-state index < -0.39 is 28.3 Å². The SMILES string of the molecule is CC1CCN(C(=O)COC(=O)c2ccc(NS(=O)(=O)c3cccs3)cc2O)CC1. The van der Waals surface area contributed by atoms with Gasteiger partial charge in [-0.1, -0.05) is 13.0 Å². The van der Waals surface area contributed by atoms with E-state index in [1.165, 1.54) is 18.2 Å². The summed E-state index contributed by atoms with van der Waals surface area (Å²) >= 11 is 1.06. The van der Waals surface area contributed by atoms with E-state index in [0.29, 0.717) is 19.0 Å². The number of phenols is 1. The highest BCUT2D eigenvalue weighted by Crippen LogP contribution is 2.26. The van der Waals surface area contributed by atoms with Crippen LogP contribution in [0.15, 0.2) is 39.9 Å². The van der Waals surface area contributed by atoms with Crippen LogP contribution in [0.25, 0.3) is 0 Å². The number of ether oxygens (including phenoxy) is 1. The minimum atomic E-state index is -3.77. The van der Waals surface area contributed by atoms with Gasteiger partial charge in [-0.3, -0.25) is 9.52 Å². The molecule has 8 nitrogen and oxygen atoms in total. The zero-order valence-electron chi connectivity index (χ0n) is 15.8. The second kappa shape index (κ2) is 8.83. The van der Waals surface area contributed by atoms with Crippen molar-refractivity contribution in [1.29, 1.82) is 0 Å². The van der Waals surface area contributed by atoms with Crippen LogP contribution in [0.5, 0.6) is 5.75 Å². The van der Waals surface area contributed by atoms with Gasteiger partial charge in [-0.05, 0) is 42.3 Å². The number of piperidine rings is 1. The number of nitrogens with one attached hydrogen (secondary N) is 1. The number of benzene rings is 1. The van der Waals surface area contributed by atoms with E-state index in [4.69, 9.17) is 4.74 Å². The van der Waals surface area contributed by atoms with Crippen LogP contribution < -0.4 is 4.72 Å². The number of rotatable bonds is 6. The number of esters is 1. The van der Waals surface area contributed by atoms with Gasteiger partial charge in [0, 0.05) is 19.2 Å². The van der Waals surface area contributed by atoms with Crippen LogP contribution in [0.1, 0.15) is 30.1 Å². The van der Waals surface area contributed by atoms with E-state index in [9.17, 15) is 23.1 Å². The molecule has 156 valence electrons. The average molecular weight is 439 g/mol. The van der Waals surface area contributed by atoms with Gasteiger partial charge in [0.05, 0.1) is 5.69 Å². The highest BCUT2D eigenvalue weighted by atomic mass is 32.2. The summed E-state index contributed by atoms with van der Waals surface area (Å²) in [6.07, 6.45) is 1.84. The van der Waals surface area contributed by atoms with Crippen molar-refractivity contribution in [3.05, 3.63) is 41.3 Å². The summed E-state index contributed by atoms with van der Waals surface area (Å²) in [5, 5.41) is 11.7. The maximum atomic E-state index is 12.2. The second-order valence-corrected chi connectivity index (χ2v) is 9.77. The van der Waals surface area contributed by atoms with Crippen molar-refractivity contribution >= 4 is 38.9 Å². The number of phenolic OH excluding ortho intramolecular Hbond substituents is 1. The monoisotopic (exact) mass is 438 g/mol. The fourth-order valence-electron chi connectivity index (χ4n) is 2.94. The third-order valence-electron chi connectivity index (χ3n) is 4.69. The van der Waals surface area contributed by atoms with Gasteiger partial charge in [-0.15, -0.1) is 11.3 Å². The van der Waals surface area contributed by atoms with Crippen molar-refractivity contribution in [1.82, 2.24) is 4.90 Å². The lowest BCUT2D eigenvalue weighted by atomic mass is 9.99. The standard InChI is InChI=1S/C19H22N2O6S2/c1-13-6-8-21(9-7-13)17(23)12-27-19(24)15-5-4-14(11-16(15)22)20-29(25,26)18-3-2-10-28-18/h2-5,10-11,13,20,22H,6-9,12H2,1H3. The van der Waals surface area contributed by atoms with Crippen LogP contribution in [-0.2, 0) is 19.6 Å². The number of nitrogens with zero attached hydrogens (tertiary/aromatic N) is 1. The number of carbonyl (C=O) groups excluding carboxylic acids is 2. The minimum absolute atomic E-state index is 0.103. The van der Waals surface area contributed by atoms with E-state index >= 15 is 0 Å². The summed E-state index contributed by atoms with van der Waals surface area (Å²) in [7, 11) is -3.77. The Balaban J connectivity index is 1.59. The third-order valence-corrected chi connectivity index (χ3v) is 7.47. The van der Waals surface area contributed by atoms with Gasteiger partial charge < -0.3 is 14.7 Å². The van der Waals surface area contributed by atoms with Gasteiger partial charge in [-0.25, -0.2) is 13.2 Å². The summed E-state index contributed by atoms with van der Waals surface area (Å²) in [4.78, 5) is 26.0. The summed E-state index contributed by atoms with van der Waals surface area (Å²) in [5.74, 6) is -0.992. The van der Waals surface area contributed by atoms with Crippen molar-refractivity contribution in [3.63, 3.8) is 0 Å². The molecule has 1 saturated heterocycles. The van der Waals surface area contributed by atoms with E-state index in [2.05, 4.69) is 11.6 Å². The van der Waals surface area contributed by atoms with E-state index in [1.54, 1.807) is 16.3 Å². The third kappa shape index (κ3) is 5.27. The quantitative estimate of drug-likeness (QED) is 0.671. The Morgan fingerprint density at radius 3 is 2.62 bits per heavy atom. The molecular formula is C19H22N2O6S2. The number of hydrogen-bond acceptors (Lipinski definition) is 7. The van der Waals surface area contributed by atoms with Gasteiger partial charge in [0.25, 0.3) is 15.9 Å². The zero-order chi connectivity index (χ0) is 21.0. The van der Waals surface area contributed by atoms with Crippen molar-refractivity contribution in [2.24, 2.45) is 5.92 Å². The molecule has 1 amide bonds. The molecule has 1 aliphatic rings. The fourth-order valence-corrected chi connectivity index (χ4v) is 4.99. The first kappa shape index (κ1) is 21.1. The highest BCUT2D eigenvalue weighted by molar-refractivity contribution is 7.94. The molecule has 0 bridgehead atoms. The molecule has 0 radical (unpaired) electrons. The van der Waals surface area contributed by atoms with Crippen LogP contribution in [0.3, 0.4) is 0 Å². The van der Waals surface area contributed by atoms with E-state index in [0.717, 1.165) is 30.2 Å². The van der Waals surface area contributed by atoms with Crippen LogP contribution in [-0.4, -0.2) is 50.0 Å². The molecule has 2 heterocycles. The first-order chi connectivity index (χ1) is 13.8. The molecule has 29 heavy (non-hydrogen) atoms. The van der Waals surface area contributed by atoms with Crippen LogP contribution in [0.4, 0.5) is 5.69 Å². The summed E-state index contributed by atoms with van der Waals surface area (Å²) in [5.41, 5.74) is -0.0462. The average Bonchev–Trinajstić information content (AvgIpc) is 3.22. The number of likely N-dealkylation sites (tertiary alicyclic amines) is 1. The van der Waals surface area contributed by atoms with Gasteiger partial charge in [0.2, 0.25) is 0 Å². The molecule has 0 spiro atoms. The Bertz CT molecular complexity index is 980. The van der Waals surface area contributed by atoms with E-state index in [1.807, 2.05) is 0 Å². The molecule has 1 aromatic heterocycles. The summed E-state index contributed by atoms with van der Waals surface area (Å²) in [6.45, 7) is 3.01. The Hall–Kier alpha value is -2.59. The summed E-state index contributed by atoms with van der Waals surface area (Å²) in [6, 6.07) is 6.78. The molecule has 10 heteroatoms. The predicted molar refractivity (Wildman–Crippen MR) is 108 cm³/mol. The van der Waals surface area contributed by atoms with Crippen LogP contribution >= 0.6 is 11.3 Å². The number of anilines is 1. The smallest absolute Gasteiger partial charge is 0.342 e. The number of sulfonamides is 1. The van der Waals surface area contributed by atoms with Gasteiger partial charge >= 0.3 is 5.97 Å². The Morgan fingerprint density at radius 1 is 1.28 bits per heavy atom. The highest BCUT2D eigenvalue weighted by Gasteiger charge is 2.23. The largest absolute Gasteiger partial charge is 0.507 e. The van der Waals surface area contributed by atoms with Gasteiger partial charge in [-0.2, -0.15) is 0 Å². The molecule has 1 fully saturated rings. The number of hydrogen-bond donors (Lipinski definition) is 2. The lowest BCUT2D eigenvalue weighted by Crippen LogP contribution is -2.40. The number of aromatic hydroxyl groups is 1. The summed E-state index contributed by atoms with van der Waals surface area (Å²) < 4.78 is 31.9. The van der Waals surface area contributed by atoms with Crippen LogP contribution in [0, 0.1) is 5.92 Å². The van der Waals surface area contributed by atoms with Gasteiger partial charge in [0.1, 0.15) is 15.5 Å². The van der Waals surface area contributed by atoms with Crippen molar-refractivity contribution in [3.8, 4) is 5.75 Å². The van der Waals surface area contributed by atoms with Crippen LogP contribution in [0.2, 0.25) is 0 Å². The Morgan fingerprint density at radius 2 is 2.00 bits per heavy atom. The zero-order valence-corrected chi connectivity index (χ0v) is 17.5. The molecule has 0 unspecified atom stereocenters. The van der Waals surface area contributed by atoms with E-state index in [-0.39, 0.29) is 21.4 Å². The fraction of sp³-hybridized carbons (Fsp3) is 0.368. The Kier molecular flexibility index (Phi) is 6.43. The number of carbonyl (C=O) groups is 2. The first-order valence-corrected chi connectivity index (χ1v) is 11.5. The molecule has 3 rings (SSSR count). The lowest BCUT2D eigenvalue weighted by molar-refractivity contribution is -0.135. The normalized spacial score (nSPS) is 15.1. The lowest BCUT2D eigenvalue weighted by Gasteiger charge is -2.30. The van der Waals surface area contributed by atoms with Crippen molar-refractivity contribution in [2.45, 2.75) is 24.0 Å². The van der Waals surface area contributed by atoms with Crippen molar-refractivity contribution in [2.75, 3.05) is 24.4 Å². The minimum Gasteiger partial charge on any atom is -0.507 e. The molecule has 0 aliphatic carbocycles. The molecular weight excluding hydrogens is 416 g/mol. The van der Waals surface area contributed by atoms with Crippen molar-refractivity contribution < 1.29 is 27.9 Å². The van der Waals surface area contributed by atoms with Gasteiger partial charge in [0.15, 0.2) is 6.61 Å². The first-order valence-electron chi connectivity index (χ1n) is 9.10. The molecule has 0 atom stereocenters. The maximum Gasteiger partial charge on any atom is 0.342 e. The molecule has 1 aromatic carbocycles. The number of amides is 1. The topological polar surface area (TPSA) is 113 Å². The Labute approximate surface area is 173 Å². The number of thiophene rings is 1. The second-order valence-electron chi connectivity index (χ2n) is 6.91. The molecule has 2 N–H and O–H groups in total.